The van der Waals surface area contributed by atoms with Crippen LogP contribution in [0.5, 0.6) is 5.75 Å². The van der Waals surface area contributed by atoms with Crippen molar-refractivity contribution in [3.05, 3.63) is 44.9 Å². The Hall–Kier alpha value is -1.10. The Bertz CT molecular complexity index is 542. The third kappa shape index (κ3) is 4.20. The normalized spacial score (nSPS) is 10.7. The molecule has 0 unspecified atom stereocenters. The van der Waals surface area contributed by atoms with Crippen LogP contribution in [0.25, 0.3) is 0 Å². The Balaban J connectivity index is 2.05. The molecular weight excluding hydrogens is 280 g/mol. The van der Waals surface area contributed by atoms with Crippen molar-refractivity contribution in [3.8, 4) is 5.75 Å². The predicted molar refractivity (Wildman–Crippen MR) is 80.0 cm³/mol. The molecule has 0 radical (unpaired) electrons. The summed E-state index contributed by atoms with van der Waals surface area (Å²) in [5, 5.41) is 3.27. The van der Waals surface area contributed by atoms with Crippen LogP contribution in [0.15, 0.2) is 24.3 Å². The number of thiophene rings is 1. The van der Waals surface area contributed by atoms with Crippen molar-refractivity contribution in [1.82, 2.24) is 10.3 Å². The molecule has 1 N–H and O–H groups in total. The number of aromatic nitrogens is 1. The topological polar surface area (TPSA) is 34.2 Å². The number of hydrogen-bond acceptors (Lipinski definition) is 4. The van der Waals surface area contributed by atoms with E-state index in [0.29, 0.717) is 6.61 Å². The van der Waals surface area contributed by atoms with Gasteiger partial charge in [-0.2, -0.15) is 0 Å². The Morgan fingerprint density at radius 3 is 2.84 bits per heavy atom. The molecule has 0 aromatic carbocycles. The van der Waals surface area contributed by atoms with E-state index in [1.54, 1.807) is 0 Å². The lowest BCUT2D eigenvalue weighted by atomic mass is 10.3. The Morgan fingerprint density at radius 2 is 2.16 bits per heavy atom. The van der Waals surface area contributed by atoms with E-state index in [2.05, 4.69) is 17.2 Å². The van der Waals surface area contributed by atoms with Crippen molar-refractivity contribution < 1.29 is 4.74 Å². The molecule has 2 heterocycles. The molecular formula is C14H17ClN2OS. The molecule has 2 aromatic heterocycles. The lowest BCUT2D eigenvalue weighted by Gasteiger charge is -2.11. The fourth-order valence-corrected chi connectivity index (χ4v) is 2.68. The minimum Gasteiger partial charge on any atom is -0.486 e. The highest BCUT2D eigenvalue weighted by molar-refractivity contribution is 7.16. The first-order valence-electron chi connectivity index (χ1n) is 6.23. The van der Waals surface area contributed by atoms with Gasteiger partial charge < -0.3 is 10.1 Å². The van der Waals surface area contributed by atoms with Crippen molar-refractivity contribution in [1.29, 1.82) is 0 Å². The largest absolute Gasteiger partial charge is 0.486 e. The summed E-state index contributed by atoms with van der Waals surface area (Å²) in [7, 11) is 0. The van der Waals surface area contributed by atoms with Crippen molar-refractivity contribution >= 4 is 22.9 Å². The summed E-state index contributed by atoms with van der Waals surface area (Å²) in [4.78, 5) is 5.63. The summed E-state index contributed by atoms with van der Waals surface area (Å²) in [6, 6.07) is 7.81. The molecule has 0 saturated heterocycles. The summed E-state index contributed by atoms with van der Waals surface area (Å²) in [5.41, 5.74) is 1.95. The second-order valence-corrected chi connectivity index (χ2v) is 5.97. The van der Waals surface area contributed by atoms with Gasteiger partial charge in [0.05, 0.1) is 10.0 Å². The van der Waals surface area contributed by atoms with Gasteiger partial charge in [0.2, 0.25) is 0 Å². The fourth-order valence-electron chi connectivity index (χ4n) is 1.68. The average Bonchev–Trinajstić information content (AvgIpc) is 2.81. The maximum atomic E-state index is 5.90. The van der Waals surface area contributed by atoms with Gasteiger partial charge in [0.15, 0.2) is 0 Å². The van der Waals surface area contributed by atoms with E-state index in [1.165, 1.54) is 11.3 Å². The molecule has 0 aliphatic carbocycles. The molecule has 3 nitrogen and oxygen atoms in total. The number of ether oxygens (including phenoxy) is 1. The summed E-state index contributed by atoms with van der Waals surface area (Å²) >= 11 is 7.44. The van der Waals surface area contributed by atoms with Gasteiger partial charge in [-0.15, -0.1) is 11.3 Å². The Labute approximate surface area is 122 Å². The molecule has 5 heteroatoms. The van der Waals surface area contributed by atoms with E-state index in [9.17, 15) is 0 Å². The van der Waals surface area contributed by atoms with Crippen LogP contribution in [0.1, 0.15) is 23.2 Å². The van der Waals surface area contributed by atoms with Gasteiger partial charge in [0.1, 0.15) is 12.4 Å². The molecule has 0 aliphatic rings. The molecule has 102 valence electrons. The first kappa shape index (κ1) is 14.3. The highest BCUT2D eigenvalue weighted by atomic mass is 35.5. The molecule has 19 heavy (non-hydrogen) atoms. The number of halogens is 1. The zero-order valence-corrected chi connectivity index (χ0v) is 12.6. The lowest BCUT2D eigenvalue weighted by molar-refractivity contribution is 0.303. The van der Waals surface area contributed by atoms with Gasteiger partial charge in [-0.1, -0.05) is 18.5 Å². The van der Waals surface area contributed by atoms with Crippen molar-refractivity contribution in [2.45, 2.75) is 27.0 Å². The Kier molecular flexibility index (Phi) is 5.19. The molecule has 0 saturated carbocycles. The van der Waals surface area contributed by atoms with Crippen molar-refractivity contribution in [2.24, 2.45) is 0 Å². The van der Waals surface area contributed by atoms with Gasteiger partial charge in [0.25, 0.3) is 0 Å². The van der Waals surface area contributed by atoms with Gasteiger partial charge in [0, 0.05) is 17.1 Å². The number of aryl methyl sites for hydroxylation is 1. The first-order valence-corrected chi connectivity index (χ1v) is 7.42. The van der Waals surface area contributed by atoms with Crippen molar-refractivity contribution in [3.63, 3.8) is 0 Å². The minimum atomic E-state index is 0.529. The van der Waals surface area contributed by atoms with Gasteiger partial charge in [-0.3, -0.25) is 4.98 Å². The molecule has 0 fully saturated rings. The molecule has 2 aromatic rings. The predicted octanol–water partition coefficient (Wildman–Crippen LogP) is 3.79. The van der Waals surface area contributed by atoms with Crippen LogP contribution < -0.4 is 10.1 Å². The summed E-state index contributed by atoms with van der Waals surface area (Å²) < 4.78 is 6.62. The quantitative estimate of drug-likeness (QED) is 0.880. The number of rotatable bonds is 6. The first-order chi connectivity index (χ1) is 9.19. The van der Waals surface area contributed by atoms with Gasteiger partial charge in [-0.25, -0.2) is 0 Å². The van der Waals surface area contributed by atoms with Crippen LogP contribution in [0.3, 0.4) is 0 Å². The van der Waals surface area contributed by atoms with Crippen molar-refractivity contribution in [2.75, 3.05) is 6.54 Å². The fraction of sp³-hybridized carbons (Fsp3) is 0.357. The van der Waals surface area contributed by atoms with Crippen LogP contribution in [-0.2, 0) is 13.2 Å². The number of pyridine rings is 1. The van der Waals surface area contributed by atoms with Crippen LogP contribution in [0.2, 0.25) is 4.34 Å². The SMILES string of the molecule is CCNCc1nc(C)ccc1OCc1ccc(Cl)s1. The molecule has 0 atom stereocenters. The highest BCUT2D eigenvalue weighted by Gasteiger charge is 2.07. The van der Waals surface area contributed by atoms with E-state index in [4.69, 9.17) is 16.3 Å². The van der Waals surface area contributed by atoms with E-state index >= 15 is 0 Å². The van der Waals surface area contributed by atoms with E-state index in [1.807, 2.05) is 31.2 Å². The smallest absolute Gasteiger partial charge is 0.142 e. The molecule has 0 bridgehead atoms. The van der Waals surface area contributed by atoms with Crippen LogP contribution in [-0.4, -0.2) is 11.5 Å². The second-order valence-electron chi connectivity index (χ2n) is 4.17. The van der Waals surface area contributed by atoms with E-state index in [-0.39, 0.29) is 0 Å². The monoisotopic (exact) mass is 296 g/mol. The average molecular weight is 297 g/mol. The Morgan fingerprint density at radius 1 is 1.32 bits per heavy atom. The molecule has 0 aliphatic heterocycles. The third-order valence-corrected chi connectivity index (χ3v) is 3.82. The number of nitrogens with zero attached hydrogens (tertiary/aromatic N) is 1. The van der Waals surface area contributed by atoms with Crippen LogP contribution in [0, 0.1) is 6.92 Å². The minimum absolute atomic E-state index is 0.529. The molecule has 0 amide bonds. The summed E-state index contributed by atoms with van der Waals surface area (Å²) in [5.74, 6) is 0.830. The number of nitrogens with one attached hydrogen (secondary N) is 1. The maximum Gasteiger partial charge on any atom is 0.142 e. The van der Waals surface area contributed by atoms with E-state index < -0.39 is 0 Å². The number of hydrogen-bond donors (Lipinski definition) is 1. The summed E-state index contributed by atoms with van der Waals surface area (Å²) in [6.45, 7) is 6.22. The van der Waals surface area contributed by atoms with Crippen LogP contribution in [0.4, 0.5) is 0 Å². The van der Waals surface area contributed by atoms with Crippen LogP contribution >= 0.6 is 22.9 Å². The second kappa shape index (κ2) is 6.89. The van der Waals surface area contributed by atoms with Gasteiger partial charge in [-0.05, 0) is 37.7 Å². The zero-order chi connectivity index (χ0) is 13.7. The van der Waals surface area contributed by atoms with Gasteiger partial charge >= 0.3 is 0 Å². The molecule has 0 spiro atoms. The zero-order valence-electron chi connectivity index (χ0n) is 11.1. The molecule has 2 rings (SSSR count). The summed E-state index contributed by atoms with van der Waals surface area (Å²) in [6.07, 6.45) is 0. The highest BCUT2D eigenvalue weighted by Crippen LogP contribution is 2.24. The lowest BCUT2D eigenvalue weighted by Crippen LogP contribution is -2.14. The standard InChI is InChI=1S/C14H17ClN2OS/c1-3-16-8-12-13(6-4-10(2)17-12)18-9-11-5-7-14(15)19-11/h4-7,16H,3,8-9H2,1-2H3. The third-order valence-electron chi connectivity index (χ3n) is 2.61. The van der Waals surface area contributed by atoms with E-state index in [0.717, 1.165) is 39.4 Å². The maximum absolute atomic E-state index is 5.90.